The number of fused-ring (bicyclic) bond motifs is 1. The number of alkyl carbamates (subject to hydrolysis) is 1. The Morgan fingerprint density at radius 1 is 1.29 bits per heavy atom. The molecule has 2 aromatic heterocycles. The molecule has 1 aromatic carbocycles. The van der Waals surface area contributed by atoms with Gasteiger partial charge in [0.15, 0.2) is 0 Å². The predicted octanol–water partition coefficient (Wildman–Crippen LogP) is 2.36. The normalized spacial score (nSPS) is 14.3. The van der Waals surface area contributed by atoms with E-state index in [1.807, 2.05) is 18.2 Å². The monoisotopic (exact) mass is 484 g/mol. The van der Waals surface area contributed by atoms with E-state index >= 15 is 0 Å². The quantitative estimate of drug-likeness (QED) is 0.540. The van der Waals surface area contributed by atoms with Crippen molar-refractivity contribution in [3.63, 3.8) is 0 Å². The maximum atomic E-state index is 11.0. The summed E-state index contributed by atoms with van der Waals surface area (Å²) in [6.07, 6.45) is -4.65. The van der Waals surface area contributed by atoms with E-state index in [-0.39, 0.29) is 5.92 Å². The zero-order valence-electron chi connectivity index (χ0n) is 18.4. The smallest absolute Gasteiger partial charge is 0.475 e. The summed E-state index contributed by atoms with van der Waals surface area (Å²) in [4.78, 5) is 26.7. The fourth-order valence-corrected chi connectivity index (χ4v) is 3.32. The van der Waals surface area contributed by atoms with Gasteiger partial charge in [-0.2, -0.15) is 27.9 Å². The van der Waals surface area contributed by atoms with Crippen LogP contribution in [0.5, 0.6) is 0 Å². The largest absolute Gasteiger partial charge is 0.490 e. The number of benzene rings is 1. The standard InChI is InChI=1S/C18H22N6O3.C2HF3O2/c1-3-14-13-6-4-5-7-15(13)24(21-14)17-20-16(27-22-17)12-10-23(11-12)9-8-19-18(25)26-2;3-2(4,5)1(6)7/h4-7,12H,3,8-11H2,1-2H3,(H,19,25);(H,6,7). The average Bonchev–Trinajstić information content (AvgIpc) is 3.39. The third-order valence-electron chi connectivity index (χ3n) is 5.05. The van der Waals surface area contributed by atoms with Gasteiger partial charge in [0, 0.05) is 31.6 Å². The Hall–Kier alpha value is -3.68. The molecule has 1 fully saturated rings. The van der Waals surface area contributed by atoms with Crippen molar-refractivity contribution in [3.8, 4) is 5.95 Å². The highest BCUT2D eigenvalue weighted by atomic mass is 19.4. The number of likely N-dealkylation sites (tertiary alicyclic amines) is 1. The summed E-state index contributed by atoms with van der Waals surface area (Å²) < 4.78 is 43.5. The molecular weight excluding hydrogens is 461 g/mol. The second kappa shape index (κ2) is 10.5. The summed E-state index contributed by atoms with van der Waals surface area (Å²) in [7, 11) is 1.36. The number of nitrogens with one attached hydrogen (secondary N) is 1. The van der Waals surface area contributed by atoms with E-state index in [4.69, 9.17) is 14.4 Å². The second-order valence-corrected chi connectivity index (χ2v) is 7.34. The minimum atomic E-state index is -5.08. The molecule has 1 saturated heterocycles. The number of methoxy groups -OCH3 is 1. The lowest BCUT2D eigenvalue weighted by Crippen LogP contribution is -2.48. The number of aliphatic carboxylic acids is 1. The first-order valence-electron chi connectivity index (χ1n) is 10.3. The molecule has 4 rings (SSSR count). The summed E-state index contributed by atoms with van der Waals surface area (Å²) in [6.45, 7) is 5.04. The Morgan fingerprint density at radius 2 is 1.97 bits per heavy atom. The van der Waals surface area contributed by atoms with Crippen molar-refractivity contribution in [3.05, 3.63) is 35.9 Å². The van der Waals surface area contributed by atoms with Crippen LogP contribution in [0.15, 0.2) is 28.8 Å². The highest BCUT2D eigenvalue weighted by molar-refractivity contribution is 5.83. The lowest BCUT2D eigenvalue weighted by Gasteiger charge is -2.36. The fourth-order valence-electron chi connectivity index (χ4n) is 3.32. The van der Waals surface area contributed by atoms with E-state index in [9.17, 15) is 18.0 Å². The molecular formula is C20H23F3N6O5. The van der Waals surface area contributed by atoms with Crippen LogP contribution >= 0.6 is 0 Å². The Balaban J connectivity index is 0.000000406. The number of ether oxygens (including phenoxy) is 1. The molecule has 184 valence electrons. The number of alkyl halides is 3. The molecule has 3 heterocycles. The number of carboxylic acid groups (broad SMARTS) is 1. The topological polar surface area (TPSA) is 136 Å². The molecule has 0 aliphatic carbocycles. The van der Waals surface area contributed by atoms with Gasteiger partial charge in [0.25, 0.3) is 5.95 Å². The highest BCUT2D eigenvalue weighted by Crippen LogP contribution is 2.27. The molecule has 1 amide bonds. The number of rotatable bonds is 6. The van der Waals surface area contributed by atoms with Gasteiger partial charge >= 0.3 is 18.2 Å². The summed E-state index contributed by atoms with van der Waals surface area (Å²) in [5, 5.41) is 19.7. The maximum Gasteiger partial charge on any atom is 0.490 e. The van der Waals surface area contributed by atoms with Gasteiger partial charge in [0.2, 0.25) is 5.89 Å². The SMILES string of the molecule is CCc1nn(-c2noc(C3CN(CCNC(=O)OC)C3)n2)c2ccccc12.O=C(O)C(F)(F)F. The number of carbonyl (C=O) groups is 2. The number of para-hydroxylation sites is 1. The number of nitrogens with zero attached hydrogens (tertiary/aromatic N) is 5. The van der Waals surface area contributed by atoms with Crippen LogP contribution in [0.4, 0.5) is 18.0 Å². The molecule has 14 heteroatoms. The van der Waals surface area contributed by atoms with Crippen LogP contribution in [0.3, 0.4) is 0 Å². The first kappa shape index (κ1) is 25.0. The molecule has 0 unspecified atom stereocenters. The van der Waals surface area contributed by atoms with Gasteiger partial charge in [-0.05, 0) is 17.6 Å². The lowest BCUT2D eigenvalue weighted by molar-refractivity contribution is -0.192. The Morgan fingerprint density at radius 3 is 2.59 bits per heavy atom. The van der Waals surface area contributed by atoms with Gasteiger partial charge in [-0.25, -0.2) is 9.59 Å². The molecule has 11 nitrogen and oxygen atoms in total. The van der Waals surface area contributed by atoms with Gasteiger partial charge in [0.05, 0.1) is 24.2 Å². The lowest BCUT2D eigenvalue weighted by atomic mass is 10.0. The molecule has 0 saturated carbocycles. The molecule has 0 bridgehead atoms. The number of hydrogen-bond donors (Lipinski definition) is 2. The number of carboxylic acids is 1. The first-order chi connectivity index (χ1) is 16.1. The van der Waals surface area contributed by atoms with Gasteiger partial charge < -0.3 is 19.7 Å². The highest BCUT2D eigenvalue weighted by Gasteiger charge is 2.38. The third-order valence-corrected chi connectivity index (χ3v) is 5.05. The number of halogens is 3. The number of amides is 1. The van der Waals surface area contributed by atoms with Gasteiger partial charge in [-0.1, -0.05) is 25.1 Å². The van der Waals surface area contributed by atoms with E-state index in [0.29, 0.717) is 18.4 Å². The Kier molecular flexibility index (Phi) is 7.71. The van der Waals surface area contributed by atoms with E-state index in [2.05, 4.69) is 43.2 Å². The third kappa shape index (κ3) is 5.81. The molecule has 1 aliphatic heterocycles. The zero-order chi connectivity index (χ0) is 24.9. The van der Waals surface area contributed by atoms with Crippen molar-refractivity contribution in [2.75, 3.05) is 33.3 Å². The number of carbonyl (C=O) groups excluding carboxylic acids is 1. The van der Waals surface area contributed by atoms with Crippen molar-refractivity contribution in [1.82, 2.24) is 30.1 Å². The first-order valence-corrected chi connectivity index (χ1v) is 10.3. The molecule has 3 aromatic rings. The van der Waals surface area contributed by atoms with Crippen LogP contribution in [0, 0.1) is 0 Å². The molecule has 2 N–H and O–H groups in total. The second-order valence-electron chi connectivity index (χ2n) is 7.34. The van der Waals surface area contributed by atoms with Crippen LogP contribution in [-0.4, -0.2) is 81.5 Å². The number of aromatic nitrogens is 4. The van der Waals surface area contributed by atoms with Crippen molar-refractivity contribution < 1.29 is 37.1 Å². The van der Waals surface area contributed by atoms with E-state index in [1.165, 1.54) is 7.11 Å². The summed E-state index contributed by atoms with van der Waals surface area (Å²) in [6, 6.07) is 8.06. The molecule has 1 aliphatic rings. The van der Waals surface area contributed by atoms with Crippen LogP contribution in [-0.2, 0) is 16.0 Å². The molecule has 34 heavy (non-hydrogen) atoms. The van der Waals surface area contributed by atoms with Crippen molar-refractivity contribution in [2.24, 2.45) is 0 Å². The Labute approximate surface area is 191 Å². The van der Waals surface area contributed by atoms with Crippen molar-refractivity contribution in [2.45, 2.75) is 25.4 Å². The summed E-state index contributed by atoms with van der Waals surface area (Å²) in [5.74, 6) is -1.46. The van der Waals surface area contributed by atoms with E-state index in [0.717, 1.165) is 42.7 Å². The van der Waals surface area contributed by atoms with Crippen LogP contribution < -0.4 is 5.32 Å². The van der Waals surface area contributed by atoms with Gasteiger partial charge in [-0.15, -0.1) is 0 Å². The maximum absolute atomic E-state index is 11.0. The van der Waals surface area contributed by atoms with Crippen molar-refractivity contribution >= 4 is 23.0 Å². The van der Waals surface area contributed by atoms with Crippen molar-refractivity contribution in [1.29, 1.82) is 0 Å². The fraction of sp³-hybridized carbons (Fsp3) is 0.450. The van der Waals surface area contributed by atoms with Gasteiger partial charge in [0.1, 0.15) is 0 Å². The minimum absolute atomic E-state index is 0.205. The van der Waals surface area contributed by atoms with Crippen LogP contribution in [0.1, 0.15) is 24.4 Å². The van der Waals surface area contributed by atoms with E-state index in [1.54, 1.807) is 4.68 Å². The zero-order valence-corrected chi connectivity index (χ0v) is 18.4. The summed E-state index contributed by atoms with van der Waals surface area (Å²) in [5.41, 5.74) is 2.00. The predicted molar refractivity (Wildman–Crippen MR) is 112 cm³/mol. The van der Waals surface area contributed by atoms with Crippen LogP contribution in [0.25, 0.3) is 16.9 Å². The summed E-state index contributed by atoms with van der Waals surface area (Å²) >= 11 is 0. The molecule has 0 spiro atoms. The minimum Gasteiger partial charge on any atom is -0.475 e. The Bertz CT molecular complexity index is 1140. The van der Waals surface area contributed by atoms with E-state index < -0.39 is 18.2 Å². The average molecular weight is 484 g/mol. The molecule has 0 radical (unpaired) electrons. The van der Waals surface area contributed by atoms with Gasteiger partial charge in [-0.3, -0.25) is 4.90 Å². The van der Waals surface area contributed by atoms with Crippen LogP contribution in [0.2, 0.25) is 0 Å². The number of aryl methyl sites for hydroxylation is 1. The number of hydrogen-bond acceptors (Lipinski definition) is 8. The molecule has 0 atom stereocenters.